The van der Waals surface area contributed by atoms with E-state index in [0.717, 1.165) is 6.42 Å². The van der Waals surface area contributed by atoms with E-state index >= 15 is 0 Å². The van der Waals surface area contributed by atoms with Gasteiger partial charge in [0.15, 0.2) is 0 Å². The zero-order valence-corrected chi connectivity index (χ0v) is 14.4. The van der Waals surface area contributed by atoms with E-state index in [-0.39, 0.29) is 30.8 Å². The van der Waals surface area contributed by atoms with Crippen molar-refractivity contribution in [2.24, 2.45) is 0 Å². The molecule has 1 aliphatic rings. The molecule has 1 fully saturated rings. The minimum absolute atomic E-state index is 0.00269. The van der Waals surface area contributed by atoms with Crippen molar-refractivity contribution >= 4 is 25.6 Å². The molecule has 0 aliphatic carbocycles. The second-order valence-electron chi connectivity index (χ2n) is 5.23. The fraction of sp³-hybridized carbons (Fsp3) is 0.400. The van der Waals surface area contributed by atoms with Crippen LogP contribution in [0, 0.1) is 0 Å². The molecule has 0 aromatic heterocycles. The molecule has 2 amide bonds. The number of benzene rings is 1. The summed E-state index contributed by atoms with van der Waals surface area (Å²) in [6.45, 7) is 2.00. The number of hydrogen-bond donors (Lipinski definition) is 1. The van der Waals surface area contributed by atoms with Gasteiger partial charge in [-0.2, -0.15) is 0 Å². The van der Waals surface area contributed by atoms with Gasteiger partial charge in [0.1, 0.15) is 5.75 Å². The van der Waals surface area contributed by atoms with E-state index in [4.69, 9.17) is 13.9 Å². The predicted octanol–water partition coefficient (Wildman–Crippen LogP) is 2.20. The second-order valence-corrected chi connectivity index (χ2v) is 6.61. The van der Waals surface area contributed by atoms with Crippen LogP contribution in [0.3, 0.4) is 0 Å². The largest absolute Gasteiger partial charge is 0.527 e. The Morgan fingerprint density at radius 1 is 1.20 bits per heavy atom. The minimum Gasteiger partial charge on any atom is -0.404 e. The van der Waals surface area contributed by atoms with Crippen LogP contribution in [0.1, 0.15) is 43.0 Å². The summed E-state index contributed by atoms with van der Waals surface area (Å²) in [5.74, 6) is -2.04. The zero-order chi connectivity index (χ0) is 18.4. The number of imide groups is 1. The number of amides is 2. The molecule has 0 bridgehead atoms. The number of phosphoric ester groups is 1. The van der Waals surface area contributed by atoms with Crippen LogP contribution < -0.4 is 4.52 Å². The molecule has 25 heavy (non-hydrogen) atoms. The molecule has 1 unspecified atom stereocenters. The van der Waals surface area contributed by atoms with Crippen LogP contribution in [-0.2, 0) is 23.5 Å². The fourth-order valence-electron chi connectivity index (χ4n) is 1.93. The van der Waals surface area contributed by atoms with E-state index in [1.54, 1.807) is 0 Å². The Labute approximate surface area is 144 Å². The van der Waals surface area contributed by atoms with Crippen LogP contribution in [0.5, 0.6) is 5.75 Å². The van der Waals surface area contributed by atoms with Gasteiger partial charge in [0.05, 0.1) is 12.2 Å². The number of phosphoric acid groups is 1. The fourth-order valence-corrected chi connectivity index (χ4v) is 2.73. The Morgan fingerprint density at radius 3 is 2.36 bits per heavy atom. The molecular weight excluding hydrogens is 353 g/mol. The third kappa shape index (κ3) is 5.38. The highest BCUT2D eigenvalue weighted by molar-refractivity contribution is 7.47. The molecule has 10 heteroatoms. The van der Waals surface area contributed by atoms with Gasteiger partial charge < -0.3 is 9.36 Å². The monoisotopic (exact) mass is 371 g/mol. The molecular formula is C15H18NO8P. The average molecular weight is 371 g/mol. The molecule has 0 radical (unpaired) electrons. The third-order valence-electron chi connectivity index (χ3n) is 3.24. The van der Waals surface area contributed by atoms with Crippen molar-refractivity contribution in [2.45, 2.75) is 32.6 Å². The Kier molecular flexibility index (Phi) is 6.30. The van der Waals surface area contributed by atoms with Gasteiger partial charge in [-0.25, -0.2) is 9.36 Å². The van der Waals surface area contributed by atoms with E-state index < -0.39 is 25.6 Å². The number of nitrogens with zero attached hydrogens (tertiary/aromatic N) is 1. The first kappa shape index (κ1) is 19.1. The first-order valence-corrected chi connectivity index (χ1v) is 9.17. The summed E-state index contributed by atoms with van der Waals surface area (Å²) in [6.07, 6.45) is 1.43. The van der Waals surface area contributed by atoms with Gasteiger partial charge >= 0.3 is 13.8 Å². The first-order valence-electron chi connectivity index (χ1n) is 7.67. The van der Waals surface area contributed by atoms with Crippen LogP contribution in [0.4, 0.5) is 0 Å². The minimum atomic E-state index is -4.24. The highest BCUT2D eigenvalue weighted by atomic mass is 31.2. The first-order chi connectivity index (χ1) is 11.8. The number of carbonyl (C=O) groups excluding carboxylic acids is 3. The maximum absolute atomic E-state index is 11.9. The lowest BCUT2D eigenvalue weighted by molar-refractivity contribution is -0.172. The van der Waals surface area contributed by atoms with Crippen LogP contribution >= 0.6 is 7.82 Å². The highest BCUT2D eigenvalue weighted by Gasteiger charge is 2.33. The molecule has 9 nitrogen and oxygen atoms in total. The SMILES string of the molecule is CCCCOP(=O)(O)Oc1ccc(C(=O)ON2C(=O)CCC2=O)cc1. The Morgan fingerprint density at radius 2 is 1.80 bits per heavy atom. The number of carbonyl (C=O) groups is 3. The molecule has 1 aromatic carbocycles. The van der Waals surface area contributed by atoms with Crippen molar-refractivity contribution in [3.05, 3.63) is 29.8 Å². The summed E-state index contributed by atoms with van der Waals surface area (Å²) >= 11 is 0. The molecule has 136 valence electrons. The normalized spacial score (nSPS) is 16.6. The number of rotatable bonds is 8. The summed E-state index contributed by atoms with van der Waals surface area (Å²) in [4.78, 5) is 49.0. The van der Waals surface area contributed by atoms with Gasteiger partial charge in [-0.1, -0.05) is 13.3 Å². The van der Waals surface area contributed by atoms with Crippen LogP contribution in [-0.4, -0.2) is 34.3 Å². The number of unbranched alkanes of at least 4 members (excludes halogenated alkanes) is 1. The Bertz CT molecular complexity index is 686. The number of hydrogen-bond acceptors (Lipinski definition) is 7. The summed E-state index contributed by atoms with van der Waals surface area (Å²) < 4.78 is 21.4. The summed E-state index contributed by atoms with van der Waals surface area (Å²) in [7, 11) is -4.24. The van der Waals surface area contributed by atoms with E-state index in [1.165, 1.54) is 24.3 Å². The lowest BCUT2D eigenvalue weighted by atomic mass is 10.2. The summed E-state index contributed by atoms with van der Waals surface area (Å²) in [6, 6.07) is 5.09. The summed E-state index contributed by atoms with van der Waals surface area (Å²) in [5.41, 5.74) is 0.0412. The molecule has 1 aromatic rings. The van der Waals surface area contributed by atoms with Crippen molar-refractivity contribution in [3.63, 3.8) is 0 Å². The molecule has 0 spiro atoms. The van der Waals surface area contributed by atoms with Crippen LogP contribution in [0.15, 0.2) is 24.3 Å². The van der Waals surface area contributed by atoms with E-state index in [0.29, 0.717) is 11.5 Å². The lowest BCUT2D eigenvalue weighted by Crippen LogP contribution is -2.32. The Balaban J connectivity index is 1.95. The van der Waals surface area contributed by atoms with E-state index in [9.17, 15) is 23.8 Å². The van der Waals surface area contributed by atoms with Crippen molar-refractivity contribution < 1.29 is 37.7 Å². The predicted molar refractivity (Wildman–Crippen MR) is 84.3 cm³/mol. The van der Waals surface area contributed by atoms with Crippen molar-refractivity contribution in [3.8, 4) is 5.75 Å². The maximum Gasteiger partial charge on any atom is 0.527 e. The van der Waals surface area contributed by atoms with Gasteiger partial charge in [-0.05, 0) is 30.7 Å². The van der Waals surface area contributed by atoms with Gasteiger partial charge in [-0.3, -0.25) is 19.0 Å². The molecule has 1 aliphatic heterocycles. The van der Waals surface area contributed by atoms with Gasteiger partial charge in [0.25, 0.3) is 11.8 Å². The molecule has 1 N–H and O–H groups in total. The zero-order valence-electron chi connectivity index (χ0n) is 13.5. The standard InChI is InChI=1S/C15H18NO8P/c1-2-3-10-22-25(20,21)24-12-6-4-11(5-7-12)15(19)23-16-13(17)8-9-14(16)18/h4-7H,2-3,8-10H2,1H3,(H,20,21). The topological polar surface area (TPSA) is 119 Å². The average Bonchev–Trinajstić information content (AvgIpc) is 2.87. The quantitative estimate of drug-likeness (QED) is 0.420. The van der Waals surface area contributed by atoms with E-state index in [2.05, 4.69) is 0 Å². The molecule has 0 saturated carbocycles. The molecule has 2 rings (SSSR count). The lowest BCUT2D eigenvalue weighted by Gasteiger charge is -2.14. The van der Waals surface area contributed by atoms with Crippen LogP contribution in [0.2, 0.25) is 0 Å². The number of hydroxylamine groups is 2. The van der Waals surface area contributed by atoms with Crippen molar-refractivity contribution in [1.82, 2.24) is 5.06 Å². The maximum atomic E-state index is 11.9. The van der Waals surface area contributed by atoms with E-state index in [1.807, 2.05) is 6.92 Å². The van der Waals surface area contributed by atoms with Crippen molar-refractivity contribution in [1.29, 1.82) is 0 Å². The third-order valence-corrected chi connectivity index (χ3v) is 4.19. The Hall–Kier alpha value is -2.22. The molecule has 1 saturated heterocycles. The second kappa shape index (κ2) is 8.24. The van der Waals surface area contributed by atoms with Crippen molar-refractivity contribution in [2.75, 3.05) is 6.61 Å². The van der Waals surface area contributed by atoms with Gasteiger partial charge in [0.2, 0.25) is 0 Å². The highest BCUT2D eigenvalue weighted by Crippen LogP contribution is 2.43. The van der Waals surface area contributed by atoms with Gasteiger partial charge in [-0.15, -0.1) is 5.06 Å². The van der Waals surface area contributed by atoms with Gasteiger partial charge in [0, 0.05) is 12.8 Å². The molecule has 1 heterocycles. The smallest absolute Gasteiger partial charge is 0.404 e. The summed E-state index contributed by atoms with van der Waals surface area (Å²) in [5, 5.41) is 0.441. The molecule has 1 atom stereocenters. The van der Waals surface area contributed by atoms with Crippen LogP contribution in [0.25, 0.3) is 0 Å².